The fraction of sp³-hybridized carbons (Fsp3) is 0.286. The van der Waals surface area contributed by atoms with E-state index < -0.39 is 15.6 Å². The Hall–Kier alpha value is -3.11. The van der Waals surface area contributed by atoms with Gasteiger partial charge in [-0.2, -0.15) is 4.98 Å². The summed E-state index contributed by atoms with van der Waals surface area (Å²) in [6.45, 7) is 0.258. The van der Waals surface area contributed by atoms with Crippen LogP contribution < -0.4 is 14.8 Å². The third-order valence-electron chi connectivity index (χ3n) is 4.53. The van der Waals surface area contributed by atoms with Crippen molar-refractivity contribution in [2.45, 2.75) is 30.0 Å². The Labute approximate surface area is 190 Å². The van der Waals surface area contributed by atoms with Crippen LogP contribution in [0.15, 0.2) is 51.9 Å². The summed E-state index contributed by atoms with van der Waals surface area (Å²) in [5.74, 6) is 0.844. The van der Waals surface area contributed by atoms with Gasteiger partial charge in [0.1, 0.15) is 17.3 Å². The van der Waals surface area contributed by atoms with Gasteiger partial charge in [0.15, 0.2) is 15.7 Å². The second kappa shape index (κ2) is 10.5. The van der Waals surface area contributed by atoms with Gasteiger partial charge < -0.3 is 19.3 Å². The predicted octanol–water partition coefficient (Wildman–Crippen LogP) is 2.96. The number of benzene rings is 2. The molecule has 0 unspecified atom stereocenters. The maximum atomic E-state index is 12.5. The normalized spacial score (nSPS) is 11.2. The number of hydrogen-bond donors (Lipinski definition) is 1. The van der Waals surface area contributed by atoms with Gasteiger partial charge in [0.25, 0.3) is 0 Å². The molecule has 0 saturated carbocycles. The van der Waals surface area contributed by atoms with E-state index in [1.165, 1.54) is 24.3 Å². The van der Waals surface area contributed by atoms with Crippen LogP contribution in [0.2, 0.25) is 5.02 Å². The maximum absolute atomic E-state index is 12.5. The summed E-state index contributed by atoms with van der Waals surface area (Å²) in [7, 11) is -0.537. The smallest absolute Gasteiger partial charge is 0.227 e. The van der Waals surface area contributed by atoms with Crippen LogP contribution in [-0.2, 0) is 33.4 Å². The summed E-state index contributed by atoms with van der Waals surface area (Å²) in [4.78, 5) is 16.4. The van der Waals surface area contributed by atoms with E-state index in [0.717, 1.165) is 5.56 Å². The fourth-order valence-corrected chi connectivity index (χ4v) is 4.17. The van der Waals surface area contributed by atoms with E-state index in [0.29, 0.717) is 16.5 Å². The summed E-state index contributed by atoms with van der Waals surface area (Å²) in [6, 6.07) is 11.1. The molecule has 3 rings (SSSR count). The molecule has 1 aromatic heterocycles. The Morgan fingerprint density at radius 2 is 1.88 bits per heavy atom. The van der Waals surface area contributed by atoms with E-state index in [1.807, 2.05) is 0 Å². The molecular formula is C21H22ClN3O6S. The highest BCUT2D eigenvalue weighted by Gasteiger charge is 2.19. The first-order valence-corrected chi connectivity index (χ1v) is 11.6. The van der Waals surface area contributed by atoms with Crippen molar-refractivity contribution in [2.24, 2.45) is 0 Å². The van der Waals surface area contributed by atoms with Gasteiger partial charge >= 0.3 is 0 Å². The highest BCUT2D eigenvalue weighted by molar-refractivity contribution is 7.90. The van der Waals surface area contributed by atoms with Crippen LogP contribution in [0.4, 0.5) is 0 Å². The Bertz CT molecular complexity index is 1180. The zero-order valence-electron chi connectivity index (χ0n) is 17.5. The van der Waals surface area contributed by atoms with E-state index in [1.54, 1.807) is 32.4 Å². The molecule has 1 heterocycles. The molecule has 1 N–H and O–H groups in total. The Kier molecular flexibility index (Phi) is 7.70. The first-order chi connectivity index (χ1) is 15.3. The third kappa shape index (κ3) is 6.21. The number of halogens is 1. The van der Waals surface area contributed by atoms with Crippen LogP contribution in [0, 0.1) is 0 Å². The van der Waals surface area contributed by atoms with Crippen molar-refractivity contribution in [3.8, 4) is 11.5 Å². The minimum absolute atomic E-state index is 0.0245. The highest BCUT2D eigenvalue weighted by Crippen LogP contribution is 2.24. The van der Waals surface area contributed by atoms with Crippen LogP contribution in [0.25, 0.3) is 0 Å². The summed E-state index contributed by atoms with van der Waals surface area (Å²) in [5, 5.41) is 6.94. The summed E-state index contributed by atoms with van der Waals surface area (Å²) < 4.78 is 40.5. The average molecular weight is 480 g/mol. The van der Waals surface area contributed by atoms with Crippen molar-refractivity contribution in [3.05, 3.63) is 64.8 Å². The number of rotatable bonds is 10. The molecule has 0 aliphatic rings. The van der Waals surface area contributed by atoms with Crippen molar-refractivity contribution >= 4 is 27.3 Å². The Morgan fingerprint density at radius 1 is 1.12 bits per heavy atom. The lowest BCUT2D eigenvalue weighted by molar-refractivity contribution is -0.121. The number of methoxy groups -OCH3 is 2. The summed E-state index contributed by atoms with van der Waals surface area (Å²) >= 11 is 5.79. The van der Waals surface area contributed by atoms with E-state index in [2.05, 4.69) is 15.5 Å². The molecule has 0 saturated heterocycles. The first-order valence-electron chi connectivity index (χ1n) is 9.58. The van der Waals surface area contributed by atoms with Gasteiger partial charge in [-0.25, -0.2) is 8.42 Å². The maximum Gasteiger partial charge on any atom is 0.227 e. The lowest BCUT2D eigenvalue weighted by Gasteiger charge is -2.11. The van der Waals surface area contributed by atoms with Gasteiger partial charge in [-0.15, -0.1) is 0 Å². The van der Waals surface area contributed by atoms with Crippen molar-refractivity contribution in [3.63, 3.8) is 0 Å². The molecular weight excluding hydrogens is 458 g/mol. The lowest BCUT2D eigenvalue weighted by atomic mass is 10.2. The number of aryl methyl sites for hydroxylation is 1. The fourth-order valence-electron chi connectivity index (χ4n) is 2.87. The van der Waals surface area contributed by atoms with Crippen LogP contribution in [0.5, 0.6) is 11.5 Å². The largest absolute Gasteiger partial charge is 0.497 e. The number of carbonyl (C=O) groups is 1. The molecule has 170 valence electrons. The third-order valence-corrected chi connectivity index (χ3v) is 6.41. The molecule has 0 atom stereocenters. The van der Waals surface area contributed by atoms with E-state index >= 15 is 0 Å². The van der Waals surface area contributed by atoms with Crippen molar-refractivity contribution in [2.75, 3.05) is 14.2 Å². The first kappa shape index (κ1) is 23.6. The molecule has 9 nitrogen and oxygen atoms in total. The minimum Gasteiger partial charge on any atom is -0.497 e. The van der Waals surface area contributed by atoms with Gasteiger partial charge in [0, 0.05) is 30.0 Å². The molecule has 0 fully saturated rings. The molecule has 2 aromatic carbocycles. The quantitative estimate of drug-likeness (QED) is 0.471. The number of aromatic nitrogens is 2. The molecule has 0 radical (unpaired) electrons. The van der Waals surface area contributed by atoms with Gasteiger partial charge in [0.05, 0.1) is 19.1 Å². The standard InChI is InChI=1S/C21H22ClN3O6S/c1-29-16-5-8-18(30-2)14(11-16)12-23-20(26)9-10-21-24-19(25-31-21)13-32(27,28)17-6-3-15(22)4-7-17/h3-8,11H,9-10,12-13H2,1-2H3,(H,23,26). The van der Waals surface area contributed by atoms with Gasteiger partial charge in [-0.1, -0.05) is 16.8 Å². The predicted molar refractivity (Wildman–Crippen MR) is 116 cm³/mol. The number of sulfone groups is 1. The average Bonchev–Trinajstić information content (AvgIpc) is 3.22. The number of ether oxygens (including phenoxy) is 2. The van der Waals surface area contributed by atoms with Crippen LogP contribution in [-0.4, -0.2) is 38.7 Å². The molecule has 1 amide bonds. The molecule has 32 heavy (non-hydrogen) atoms. The molecule has 3 aromatic rings. The monoisotopic (exact) mass is 479 g/mol. The second-order valence-electron chi connectivity index (χ2n) is 6.77. The van der Waals surface area contributed by atoms with Crippen molar-refractivity contribution < 1.29 is 27.2 Å². The van der Waals surface area contributed by atoms with Crippen LogP contribution in [0.3, 0.4) is 0 Å². The lowest BCUT2D eigenvalue weighted by Crippen LogP contribution is -2.23. The van der Waals surface area contributed by atoms with Gasteiger partial charge in [-0.3, -0.25) is 4.79 Å². The van der Waals surface area contributed by atoms with Gasteiger partial charge in [-0.05, 0) is 42.5 Å². The minimum atomic E-state index is -3.64. The van der Waals surface area contributed by atoms with E-state index in [-0.39, 0.29) is 41.9 Å². The SMILES string of the molecule is COc1ccc(OC)c(CNC(=O)CCc2nc(CS(=O)(=O)c3ccc(Cl)cc3)no2)c1. The highest BCUT2D eigenvalue weighted by atomic mass is 35.5. The van der Waals surface area contributed by atoms with Crippen LogP contribution in [0.1, 0.15) is 23.7 Å². The van der Waals surface area contributed by atoms with Crippen LogP contribution >= 0.6 is 11.6 Å². The summed E-state index contributed by atoms with van der Waals surface area (Å²) in [5.41, 5.74) is 0.771. The molecule has 0 bridgehead atoms. The molecule has 0 aliphatic heterocycles. The van der Waals surface area contributed by atoms with Crippen molar-refractivity contribution in [1.29, 1.82) is 0 Å². The molecule has 0 aliphatic carbocycles. The zero-order valence-corrected chi connectivity index (χ0v) is 19.1. The Balaban J connectivity index is 1.53. The number of amides is 1. The molecule has 11 heteroatoms. The topological polar surface area (TPSA) is 121 Å². The van der Waals surface area contributed by atoms with E-state index in [9.17, 15) is 13.2 Å². The van der Waals surface area contributed by atoms with Gasteiger partial charge in [0.2, 0.25) is 11.8 Å². The number of nitrogens with one attached hydrogen (secondary N) is 1. The molecule has 0 spiro atoms. The number of hydrogen-bond acceptors (Lipinski definition) is 8. The zero-order chi connectivity index (χ0) is 23.1. The summed E-state index contributed by atoms with van der Waals surface area (Å²) in [6.07, 6.45) is 0.271. The van der Waals surface area contributed by atoms with Crippen molar-refractivity contribution in [1.82, 2.24) is 15.5 Å². The Morgan fingerprint density at radius 3 is 2.56 bits per heavy atom. The van der Waals surface area contributed by atoms with E-state index in [4.69, 9.17) is 25.6 Å². The second-order valence-corrected chi connectivity index (χ2v) is 9.20. The number of nitrogens with zero attached hydrogens (tertiary/aromatic N) is 2. The number of carbonyl (C=O) groups excluding carboxylic acids is 1.